The molecule has 0 amide bonds. The molecule has 8 aromatic carbocycles. The Morgan fingerprint density at radius 1 is 0.320 bits per heavy atom. The second kappa shape index (κ2) is 11.5. The molecule has 0 atom stereocenters. The SMILES string of the molecule is c1ccc2cc(-c3ccc(-c4nc(-c5ccc(-c6ccncc6)cc5)cc(-c5ccc6ccc7cccc8ccc5c6c78)n4)cc3)ccc2c1. The maximum atomic E-state index is 5.27. The van der Waals surface area contributed by atoms with Gasteiger partial charge in [-0.3, -0.25) is 4.98 Å². The van der Waals surface area contributed by atoms with Crippen LogP contribution in [0.3, 0.4) is 0 Å². The Morgan fingerprint density at radius 3 is 1.64 bits per heavy atom. The summed E-state index contributed by atoms with van der Waals surface area (Å²) in [7, 11) is 0. The van der Waals surface area contributed by atoms with Crippen molar-refractivity contribution in [2.45, 2.75) is 0 Å². The van der Waals surface area contributed by atoms with Gasteiger partial charge in [0, 0.05) is 29.1 Å². The number of hydrogen-bond acceptors (Lipinski definition) is 3. The average molecular weight is 636 g/mol. The number of pyridine rings is 1. The van der Waals surface area contributed by atoms with Crippen LogP contribution in [-0.2, 0) is 0 Å². The van der Waals surface area contributed by atoms with E-state index in [9.17, 15) is 0 Å². The summed E-state index contributed by atoms with van der Waals surface area (Å²) in [4.78, 5) is 14.6. The Bertz CT molecular complexity index is 2820. The van der Waals surface area contributed by atoms with Crippen molar-refractivity contribution in [1.82, 2.24) is 15.0 Å². The summed E-state index contributed by atoms with van der Waals surface area (Å²) in [5.74, 6) is 0.700. The second-order valence-electron chi connectivity index (χ2n) is 12.9. The van der Waals surface area contributed by atoms with Crippen molar-refractivity contribution in [3.05, 3.63) is 176 Å². The van der Waals surface area contributed by atoms with E-state index in [0.29, 0.717) is 5.82 Å². The lowest BCUT2D eigenvalue weighted by atomic mass is 9.91. The van der Waals surface area contributed by atoms with Crippen molar-refractivity contribution in [3.8, 4) is 56.2 Å². The first-order chi connectivity index (χ1) is 24.7. The fourth-order valence-corrected chi connectivity index (χ4v) is 7.38. The first-order valence-corrected chi connectivity index (χ1v) is 16.9. The highest BCUT2D eigenvalue weighted by atomic mass is 14.9. The molecule has 0 fully saturated rings. The molecule has 0 radical (unpaired) electrons. The molecule has 10 rings (SSSR count). The molecule has 0 saturated heterocycles. The van der Waals surface area contributed by atoms with Crippen LogP contribution in [0.2, 0.25) is 0 Å². The maximum Gasteiger partial charge on any atom is 0.160 e. The molecular weight excluding hydrogens is 607 g/mol. The summed E-state index contributed by atoms with van der Waals surface area (Å²) < 4.78 is 0. The fraction of sp³-hybridized carbons (Fsp3) is 0. The van der Waals surface area contributed by atoms with E-state index in [4.69, 9.17) is 9.97 Å². The Kier molecular flexibility index (Phi) is 6.49. The second-order valence-corrected chi connectivity index (χ2v) is 12.9. The number of nitrogens with zero attached hydrogens (tertiary/aromatic N) is 3. The molecule has 0 bridgehead atoms. The number of rotatable bonds is 5. The monoisotopic (exact) mass is 635 g/mol. The predicted octanol–water partition coefficient (Wildman–Crippen LogP) is 12.3. The Labute approximate surface area is 289 Å². The van der Waals surface area contributed by atoms with E-state index in [2.05, 4.69) is 157 Å². The van der Waals surface area contributed by atoms with E-state index < -0.39 is 0 Å². The minimum absolute atomic E-state index is 0.700. The van der Waals surface area contributed by atoms with Gasteiger partial charge in [-0.05, 0) is 89.6 Å². The highest BCUT2D eigenvalue weighted by Gasteiger charge is 2.16. The molecule has 0 N–H and O–H groups in total. The molecular formula is C47H29N3. The summed E-state index contributed by atoms with van der Waals surface area (Å²) in [6.45, 7) is 0. The lowest BCUT2D eigenvalue weighted by Gasteiger charge is -2.15. The lowest BCUT2D eigenvalue weighted by molar-refractivity contribution is 1.19. The third kappa shape index (κ3) is 4.79. The van der Waals surface area contributed by atoms with Gasteiger partial charge in [0.1, 0.15) is 0 Å². The number of fused-ring (bicyclic) bond motifs is 1. The predicted molar refractivity (Wildman–Crippen MR) is 208 cm³/mol. The van der Waals surface area contributed by atoms with Crippen LogP contribution >= 0.6 is 0 Å². The molecule has 3 heteroatoms. The summed E-state index contributed by atoms with van der Waals surface area (Å²) in [6, 6.07) is 58.5. The quantitative estimate of drug-likeness (QED) is 0.177. The Hall–Kier alpha value is -6.71. The van der Waals surface area contributed by atoms with Gasteiger partial charge in [0.15, 0.2) is 5.82 Å². The van der Waals surface area contributed by atoms with E-state index >= 15 is 0 Å². The van der Waals surface area contributed by atoms with Gasteiger partial charge in [0.2, 0.25) is 0 Å². The largest absolute Gasteiger partial charge is 0.265 e. The first kappa shape index (κ1) is 28.3. The van der Waals surface area contributed by atoms with Gasteiger partial charge in [-0.1, -0.05) is 140 Å². The van der Waals surface area contributed by atoms with Crippen molar-refractivity contribution in [1.29, 1.82) is 0 Å². The van der Waals surface area contributed by atoms with E-state index in [0.717, 1.165) is 44.8 Å². The lowest BCUT2D eigenvalue weighted by Crippen LogP contribution is -1.97. The zero-order chi connectivity index (χ0) is 33.0. The molecule has 0 saturated carbocycles. The highest BCUT2D eigenvalue weighted by Crippen LogP contribution is 2.40. The van der Waals surface area contributed by atoms with Crippen LogP contribution in [0.25, 0.3) is 99.2 Å². The van der Waals surface area contributed by atoms with Crippen LogP contribution in [0.5, 0.6) is 0 Å². The van der Waals surface area contributed by atoms with Gasteiger partial charge in [-0.2, -0.15) is 0 Å². The van der Waals surface area contributed by atoms with Crippen LogP contribution < -0.4 is 0 Å². The number of aromatic nitrogens is 3. The summed E-state index contributed by atoms with van der Waals surface area (Å²) in [5.41, 5.74) is 9.53. The van der Waals surface area contributed by atoms with Crippen LogP contribution in [0.15, 0.2) is 176 Å². The van der Waals surface area contributed by atoms with Crippen molar-refractivity contribution < 1.29 is 0 Å². The summed E-state index contributed by atoms with van der Waals surface area (Å²) in [5, 5.41) is 9.99. The highest BCUT2D eigenvalue weighted by molar-refractivity contribution is 6.25. The van der Waals surface area contributed by atoms with Gasteiger partial charge in [0.05, 0.1) is 11.4 Å². The van der Waals surface area contributed by atoms with Crippen LogP contribution in [-0.4, -0.2) is 15.0 Å². The zero-order valence-corrected chi connectivity index (χ0v) is 27.1. The molecule has 0 aliphatic heterocycles. The molecule has 10 aromatic rings. The molecule has 2 heterocycles. The van der Waals surface area contributed by atoms with E-state index in [1.165, 1.54) is 48.7 Å². The number of benzene rings is 8. The zero-order valence-electron chi connectivity index (χ0n) is 27.1. The molecule has 0 aliphatic rings. The van der Waals surface area contributed by atoms with Gasteiger partial charge in [0.25, 0.3) is 0 Å². The van der Waals surface area contributed by atoms with Gasteiger partial charge < -0.3 is 0 Å². The minimum atomic E-state index is 0.700. The van der Waals surface area contributed by atoms with Gasteiger partial charge in [-0.25, -0.2) is 9.97 Å². The minimum Gasteiger partial charge on any atom is -0.265 e. The molecule has 232 valence electrons. The van der Waals surface area contributed by atoms with Crippen LogP contribution in [0.4, 0.5) is 0 Å². The van der Waals surface area contributed by atoms with Crippen molar-refractivity contribution in [3.63, 3.8) is 0 Å². The normalized spacial score (nSPS) is 11.6. The Balaban J connectivity index is 1.13. The van der Waals surface area contributed by atoms with Crippen LogP contribution in [0, 0.1) is 0 Å². The maximum absolute atomic E-state index is 5.27. The summed E-state index contributed by atoms with van der Waals surface area (Å²) >= 11 is 0. The molecule has 50 heavy (non-hydrogen) atoms. The smallest absolute Gasteiger partial charge is 0.160 e. The van der Waals surface area contributed by atoms with Crippen molar-refractivity contribution >= 4 is 43.1 Å². The van der Waals surface area contributed by atoms with E-state index in [1.54, 1.807) is 0 Å². The van der Waals surface area contributed by atoms with Crippen molar-refractivity contribution in [2.24, 2.45) is 0 Å². The molecule has 0 spiro atoms. The van der Waals surface area contributed by atoms with E-state index in [1.807, 2.05) is 24.5 Å². The average Bonchev–Trinajstić information content (AvgIpc) is 3.20. The van der Waals surface area contributed by atoms with Crippen molar-refractivity contribution in [2.75, 3.05) is 0 Å². The Morgan fingerprint density at radius 2 is 0.860 bits per heavy atom. The van der Waals surface area contributed by atoms with Gasteiger partial charge >= 0.3 is 0 Å². The fourth-order valence-electron chi connectivity index (χ4n) is 7.38. The van der Waals surface area contributed by atoms with Crippen LogP contribution in [0.1, 0.15) is 0 Å². The third-order valence-electron chi connectivity index (χ3n) is 9.95. The summed E-state index contributed by atoms with van der Waals surface area (Å²) in [6.07, 6.45) is 3.65. The standard InChI is InChI=1S/C47H29N3/c1-2-5-39-28-40(19-12-30(39)4-1)32-10-17-38(18-11-32)47-49-43(34-13-8-31(9-14-34)33-24-26-48-27-25-33)29-44(50-47)41-22-20-37-16-15-35-6-3-7-36-21-23-42(41)46(37)45(35)36/h1-29H. The number of hydrogen-bond donors (Lipinski definition) is 0. The molecule has 3 nitrogen and oxygen atoms in total. The molecule has 2 aromatic heterocycles. The van der Waals surface area contributed by atoms with E-state index in [-0.39, 0.29) is 0 Å². The topological polar surface area (TPSA) is 38.7 Å². The molecule has 0 unspecified atom stereocenters. The third-order valence-corrected chi connectivity index (χ3v) is 9.95. The first-order valence-electron chi connectivity index (χ1n) is 16.9. The van der Waals surface area contributed by atoms with Gasteiger partial charge in [-0.15, -0.1) is 0 Å². The molecule has 0 aliphatic carbocycles.